The van der Waals surface area contributed by atoms with Gasteiger partial charge in [-0.3, -0.25) is 19.2 Å². The second-order valence-electron chi connectivity index (χ2n) is 4.24. The molecule has 1 rings (SSSR count). The molecule has 0 aromatic heterocycles. The molecule has 0 saturated heterocycles. The lowest BCUT2D eigenvalue weighted by Gasteiger charge is -2.19. The zero-order valence-electron chi connectivity index (χ0n) is 11.7. The molecule has 21 heavy (non-hydrogen) atoms. The second kappa shape index (κ2) is 7.02. The lowest BCUT2D eigenvalue weighted by Crippen LogP contribution is -2.29. The van der Waals surface area contributed by atoms with Crippen LogP contribution in [0.1, 0.15) is 12.8 Å². The number of ether oxygens (including phenoxy) is 1. The minimum Gasteiger partial charge on any atom is -0.469 e. The molecule has 0 N–H and O–H groups in total. The number of hydrogen-bond acceptors (Lipinski definition) is 6. The lowest BCUT2D eigenvalue weighted by atomic mass is 10.3. The fourth-order valence-corrected chi connectivity index (χ4v) is 2.81. The zero-order valence-corrected chi connectivity index (χ0v) is 12.5. The number of carbonyl (C=O) groups is 1. The zero-order chi connectivity index (χ0) is 16.0. The Morgan fingerprint density at radius 1 is 1.33 bits per heavy atom. The molecule has 0 aliphatic carbocycles. The van der Waals surface area contributed by atoms with Gasteiger partial charge in [0, 0.05) is 25.6 Å². The predicted molar refractivity (Wildman–Crippen MR) is 76.5 cm³/mol. The summed E-state index contributed by atoms with van der Waals surface area (Å²) in [6.45, 7) is 0. The van der Waals surface area contributed by atoms with Crippen molar-refractivity contribution in [1.29, 1.82) is 0 Å². The largest absolute Gasteiger partial charge is 0.469 e. The fraction of sp³-hybridized carbons (Fsp3) is 0.417. The van der Waals surface area contributed by atoms with Crippen LogP contribution in [0.5, 0.6) is 0 Å². The fourth-order valence-electron chi connectivity index (χ4n) is 1.58. The first-order valence-electron chi connectivity index (χ1n) is 6.06. The van der Waals surface area contributed by atoms with Gasteiger partial charge in [0.1, 0.15) is 0 Å². The number of methoxy groups -OCH3 is 1. The summed E-state index contributed by atoms with van der Waals surface area (Å²) in [6.07, 6.45) is 0.163. The number of esters is 1. The van der Waals surface area contributed by atoms with E-state index in [4.69, 9.17) is 0 Å². The number of nitrogens with zero attached hydrogens (tertiary/aromatic N) is 2. The maximum absolute atomic E-state index is 12.1. The number of hydrogen-bond donors (Lipinski definition) is 0. The standard InChI is InChI=1S/C12H16N2O6S/c1-13(10-5-7-11(8-6-10)14(16)17)21(18,19)9-3-4-12(15)20-2/h5-8H,3-4,9H2,1-2H3. The maximum Gasteiger partial charge on any atom is 0.305 e. The van der Waals surface area contributed by atoms with Gasteiger partial charge in [0.05, 0.1) is 23.5 Å². The summed E-state index contributed by atoms with van der Waals surface area (Å²) < 4.78 is 29.6. The van der Waals surface area contributed by atoms with Crippen LogP contribution in [0.4, 0.5) is 11.4 Å². The van der Waals surface area contributed by atoms with Gasteiger partial charge in [-0.1, -0.05) is 0 Å². The molecule has 1 aromatic carbocycles. The summed E-state index contributed by atoms with van der Waals surface area (Å²) in [7, 11) is -1.00. The SMILES string of the molecule is COC(=O)CCCS(=O)(=O)N(C)c1ccc([N+](=O)[O-])cc1. The Kier molecular flexibility index (Phi) is 5.65. The number of carbonyl (C=O) groups excluding carboxylic acids is 1. The van der Waals surface area contributed by atoms with E-state index in [0.717, 1.165) is 4.31 Å². The summed E-state index contributed by atoms with van der Waals surface area (Å²) in [5.74, 6) is -0.682. The topological polar surface area (TPSA) is 107 Å². The number of benzene rings is 1. The van der Waals surface area contributed by atoms with Crippen LogP contribution in [0.25, 0.3) is 0 Å². The van der Waals surface area contributed by atoms with E-state index in [1.807, 2.05) is 0 Å². The molecule has 116 valence electrons. The summed E-state index contributed by atoms with van der Waals surface area (Å²) >= 11 is 0. The number of sulfonamides is 1. The lowest BCUT2D eigenvalue weighted by molar-refractivity contribution is -0.384. The van der Waals surface area contributed by atoms with Crippen molar-refractivity contribution in [2.75, 3.05) is 24.2 Å². The monoisotopic (exact) mass is 316 g/mol. The Morgan fingerprint density at radius 2 is 1.90 bits per heavy atom. The number of nitro benzene ring substituents is 1. The normalized spacial score (nSPS) is 11.0. The molecular formula is C12H16N2O6S. The molecule has 0 amide bonds. The first-order valence-corrected chi connectivity index (χ1v) is 7.66. The van der Waals surface area contributed by atoms with Gasteiger partial charge in [-0.2, -0.15) is 0 Å². The van der Waals surface area contributed by atoms with E-state index in [0.29, 0.717) is 5.69 Å². The van der Waals surface area contributed by atoms with Crippen LogP contribution in [0, 0.1) is 10.1 Å². The van der Waals surface area contributed by atoms with Gasteiger partial charge in [0.15, 0.2) is 0 Å². The van der Waals surface area contributed by atoms with Crippen LogP contribution in [-0.4, -0.2) is 39.2 Å². The molecule has 8 nitrogen and oxygen atoms in total. The molecule has 0 radical (unpaired) electrons. The summed E-state index contributed by atoms with van der Waals surface area (Å²) in [5.41, 5.74) is 0.203. The Hall–Kier alpha value is -2.16. The van der Waals surface area contributed by atoms with Crippen molar-refractivity contribution >= 4 is 27.4 Å². The molecule has 0 aliphatic heterocycles. The molecular weight excluding hydrogens is 300 g/mol. The molecule has 0 fully saturated rings. The van der Waals surface area contributed by atoms with E-state index in [1.54, 1.807) is 0 Å². The molecule has 0 bridgehead atoms. The third-order valence-corrected chi connectivity index (χ3v) is 4.70. The molecule has 0 atom stereocenters. The average molecular weight is 316 g/mol. The Bertz CT molecular complexity index is 611. The average Bonchev–Trinajstić information content (AvgIpc) is 2.46. The van der Waals surface area contributed by atoms with Gasteiger partial charge in [0.2, 0.25) is 10.0 Å². The van der Waals surface area contributed by atoms with Crippen molar-refractivity contribution < 1.29 is 22.9 Å². The minimum atomic E-state index is -3.59. The van der Waals surface area contributed by atoms with E-state index >= 15 is 0 Å². The van der Waals surface area contributed by atoms with Crippen molar-refractivity contribution in [2.45, 2.75) is 12.8 Å². The van der Waals surface area contributed by atoms with Crippen molar-refractivity contribution in [3.63, 3.8) is 0 Å². The third kappa shape index (κ3) is 4.71. The van der Waals surface area contributed by atoms with Crippen LogP contribution < -0.4 is 4.31 Å². The van der Waals surface area contributed by atoms with E-state index in [1.165, 1.54) is 38.4 Å². The van der Waals surface area contributed by atoms with Crippen molar-refractivity contribution in [1.82, 2.24) is 0 Å². The predicted octanol–water partition coefficient (Wildman–Crippen LogP) is 1.31. The Morgan fingerprint density at radius 3 is 2.38 bits per heavy atom. The first kappa shape index (κ1) is 16.9. The van der Waals surface area contributed by atoms with Gasteiger partial charge >= 0.3 is 5.97 Å². The van der Waals surface area contributed by atoms with E-state index in [9.17, 15) is 23.3 Å². The molecule has 0 spiro atoms. The number of rotatable bonds is 7. The quantitative estimate of drug-likeness (QED) is 0.426. The number of non-ortho nitro benzene ring substituents is 1. The van der Waals surface area contributed by atoms with E-state index < -0.39 is 20.9 Å². The summed E-state index contributed by atoms with van der Waals surface area (Å²) in [6, 6.07) is 5.18. The summed E-state index contributed by atoms with van der Waals surface area (Å²) in [4.78, 5) is 20.9. The van der Waals surface area contributed by atoms with Crippen molar-refractivity contribution in [3.05, 3.63) is 34.4 Å². The summed E-state index contributed by atoms with van der Waals surface area (Å²) in [5, 5.41) is 10.5. The van der Waals surface area contributed by atoms with Gasteiger partial charge in [0.25, 0.3) is 5.69 Å². The van der Waals surface area contributed by atoms with Crippen LogP contribution >= 0.6 is 0 Å². The molecule has 0 heterocycles. The maximum atomic E-state index is 12.1. The second-order valence-corrected chi connectivity index (χ2v) is 6.36. The highest BCUT2D eigenvalue weighted by Crippen LogP contribution is 2.21. The Labute approximate surface area is 122 Å². The van der Waals surface area contributed by atoms with Gasteiger partial charge in [-0.15, -0.1) is 0 Å². The van der Waals surface area contributed by atoms with Gasteiger partial charge in [-0.05, 0) is 18.6 Å². The highest BCUT2D eigenvalue weighted by atomic mass is 32.2. The molecule has 0 unspecified atom stereocenters. The van der Waals surface area contributed by atoms with E-state index in [-0.39, 0.29) is 24.3 Å². The third-order valence-electron chi connectivity index (χ3n) is 2.85. The van der Waals surface area contributed by atoms with Crippen molar-refractivity contribution in [2.24, 2.45) is 0 Å². The first-order chi connectivity index (χ1) is 9.77. The number of nitro groups is 1. The van der Waals surface area contributed by atoms with Crippen LogP contribution in [0.2, 0.25) is 0 Å². The van der Waals surface area contributed by atoms with Crippen molar-refractivity contribution in [3.8, 4) is 0 Å². The van der Waals surface area contributed by atoms with Gasteiger partial charge < -0.3 is 4.74 Å². The molecule has 1 aromatic rings. The van der Waals surface area contributed by atoms with Crippen LogP contribution in [0.3, 0.4) is 0 Å². The van der Waals surface area contributed by atoms with Gasteiger partial charge in [-0.25, -0.2) is 8.42 Å². The van der Waals surface area contributed by atoms with E-state index in [2.05, 4.69) is 4.74 Å². The van der Waals surface area contributed by atoms with Crippen LogP contribution in [-0.2, 0) is 19.6 Å². The van der Waals surface area contributed by atoms with Crippen LogP contribution in [0.15, 0.2) is 24.3 Å². The molecule has 9 heteroatoms. The minimum absolute atomic E-state index is 0.0177. The highest BCUT2D eigenvalue weighted by molar-refractivity contribution is 7.92. The smallest absolute Gasteiger partial charge is 0.305 e. The highest BCUT2D eigenvalue weighted by Gasteiger charge is 2.19. The molecule has 0 aliphatic rings. The number of anilines is 1. The Balaban J connectivity index is 2.74. The molecule has 0 saturated carbocycles.